The Morgan fingerprint density at radius 2 is 1.75 bits per heavy atom. The highest BCUT2D eigenvalue weighted by atomic mass is 16.5. The second kappa shape index (κ2) is 7.60. The van der Waals surface area contributed by atoms with Crippen molar-refractivity contribution in [2.45, 2.75) is 52.9 Å². The van der Waals surface area contributed by atoms with Gasteiger partial charge in [0.25, 0.3) is 0 Å². The van der Waals surface area contributed by atoms with Crippen LogP contribution in [0.3, 0.4) is 0 Å². The molecule has 0 aliphatic heterocycles. The van der Waals surface area contributed by atoms with Crippen molar-refractivity contribution in [2.24, 2.45) is 0 Å². The van der Waals surface area contributed by atoms with Gasteiger partial charge in [-0.15, -0.1) is 0 Å². The second-order valence-electron chi connectivity index (χ2n) is 6.91. The first-order valence-electron chi connectivity index (χ1n) is 8.56. The lowest BCUT2D eigenvalue weighted by Crippen LogP contribution is -2.30. The molecule has 0 aliphatic carbocycles. The molecule has 1 aromatic carbocycles. The van der Waals surface area contributed by atoms with Gasteiger partial charge in [-0.1, -0.05) is 50.2 Å². The molecule has 2 rings (SSSR count). The number of aromatic nitrogens is 2. The van der Waals surface area contributed by atoms with Crippen LogP contribution in [0.15, 0.2) is 28.8 Å². The molecule has 0 unspecified atom stereocenters. The van der Waals surface area contributed by atoms with E-state index in [1.165, 1.54) is 5.56 Å². The van der Waals surface area contributed by atoms with Crippen LogP contribution in [0.1, 0.15) is 52.5 Å². The lowest BCUT2D eigenvalue weighted by atomic mass is 9.87. The minimum absolute atomic E-state index is 0.117. The fraction of sp³-hybridized carbons (Fsp3) is 0.526. The minimum Gasteiger partial charge on any atom is -0.343 e. The van der Waals surface area contributed by atoms with Crippen LogP contribution < -0.4 is 0 Å². The number of hydrogen-bond donors (Lipinski definition) is 0. The zero-order valence-electron chi connectivity index (χ0n) is 15.3. The molecule has 0 saturated heterocycles. The summed E-state index contributed by atoms with van der Waals surface area (Å²) in [5, 5.41) is 4.03. The Hall–Kier alpha value is -2.17. The van der Waals surface area contributed by atoms with Crippen LogP contribution in [0, 0.1) is 0 Å². The van der Waals surface area contributed by atoms with Gasteiger partial charge in [0.05, 0.1) is 0 Å². The second-order valence-corrected chi connectivity index (χ2v) is 6.91. The van der Waals surface area contributed by atoms with Gasteiger partial charge < -0.3 is 9.42 Å². The maximum atomic E-state index is 12.0. The summed E-state index contributed by atoms with van der Waals surface area (Å²) in [5.74, 6) is 1.19. The third-order valence-corrected chi connectivity index (χ3v) is 4.15. The van der Waals surface area contributed by atoms with Crippen molar-refractivity contribution in [3.05, 3.63) is 35.7 Å². The molecule has 0 saturated carbocycles. The Morgan fingerprint density at radius 1 is 1.12 bits per heavy atom. The quantitative estimate of drug-likeness (QED) is 0.808. The van der Waals surface area contributed by atoms with E-state index in [0.717, 1.165) is 18.7 Å². The largest absolute Gasteiger partial charge is 0.343 e. The van der Waals surface area contributed by atoms with E-state index in [9.17, 15) is 4.79 Å². The molecular weight excluding hydrogens is 302 g/mol. The first-order chi connectivity index (χ1) is 11.3. The molecule has 0 spiro atoms. The first-order valence-corrected chi connectivity index (χ1v) is 8.56. The molecule has 2 aromatic rings. The van der Waals surface area contributed by atoms with Crippen LogP contribution >= 0.6 is 0 Å². The molecule has 1 amide bonds. The topological polar surface area (TPSA) is 59.2 Å². The maximum absolute atomic E-state index is 12.0. The van der Waals surface area contributed by atoms with Gasteiger partial charge >= 0.3 is 0 Å². The smallest absolute Gasteiger partial charge is 0.227 e. The summed E-state index contributed by atoms with van der Waals surface area (Å²) in [6, 6.07) is 8.21. The molecule has 0 fully saturated rings. The van der Waals surface area contributed by atoms with Crippen molar-refractivity contribution in [1.82, 2.24) is 15.0 Å². The van der Waals surface area contributed by atoms with E-state index < -0.39 is 0 Å². The van der Waals surface area contributed by atoms with Crippen LogP contribution in [0.5, 0.6) is 0 Å². The molecule has 24 heavy (non-hydrogen) atoms. The van der Waals surface area contributed by atoms with E-state index in [0.29, 0.717) is 24.6 Å². The average molecular weight is 329 g/mol. The van der Waals surface area contributed by atoms with Crippen molar-refractivity contribution in [3.63, 3.8) is 0 Å². The number of hydrogen-bond acceptors (Lipinski definition) is 4. The fourth-order valence-corrected chi connectivity index (χ4v) is 2.54. The average Bonchev–Trinajstić information content (AvgIpc) is 3.02. The lowest BCUT2D eigenvalue weighted by Gasteiger charge is -2.18. The summed E-state index contributed by atoms with van der Waals surface area (Å²) < 4.78 is 5.28. The Labute approximate surface area is 144 Å². The van der Waals surface area contributed by atoms with Gasteiger partial charge in [-0.2, -0.15) is 4.98 Å². The Kier molecular flexibility index (Phi) is 5.75. The number of rotatable bonds is 6. The normalized spacial score (nSPS) is 11.5. The number of aryl methyl sites for hydroxylation is 1. The van der Waals surface area contributed by atoms with Gasteiger partial charge in [0, 0.05) is 31.5 Å². The molecule has 0 N–H and O–H groups in total. The molecule has 1 heterocycles. The number of carbonyl (C=O) groups is 1. The summed E-state index contributed by atoms with van der Waals surface area (Å²) in [6.07, 6.45) is 0.870. The minimum atomic E-state index is 0.117. The SMILES string of the molecule is CCN(CC)C(=O)CCc1nc(-c2ccc(C(C)(C)C)cc2)no1. The summed E-state index contributed by atoms with van der Waals surface area (Å²) in [7, 11) is 0. The Morgan fingerprint density at radius 3 is 2.29 bits per heavy atom. The molecule has 0 atom stereocenters. The Bertz CT molecular complexity index is 665. The molecule has 0 radical (unpaired) electrons. The van der Waals surface area contributed by atoms with E-state index >= 15 is 0 Å². The highest BCUT2D eigenvalue weighted by Gasteiger charge is 2.16. The molecule has 130 valence electrons. The van der Waals surface area contributed by atoms with E-state index in [1.807, 2.05) is 30.9 Å². The maximum Gasteiger partial charge on any atom is 0.227 e. The van der Waals surface area contributed by atoms with Gasteiger partial charge in [-0.25, -0.2) is 0 Å². The number of carbonyl (C=O) groups excluding carboxylic acids is 1. The van der Waals surface area contributed by atoms with Gasteiger partial charge in [0.2, 0.25) is 17.6 Å². The number of nitrogens with zero attached hydrogens (tertiary/aromatic N) is 3. The standard InChI is InChI=1S/C19H27N3O2/c1-6-22(7-2)17(23)13-12-16-20-18(21-24-16)14-8-10-15(11-9-14)19(3,4)5/h8-11H,6-7,12-13H2,1-5H3. The molecule has 0 aliphatic rings. The van der Waals surface area contributed by atoms with Crippen molar-refractivity contribution in [1.29, 1.82) is 0 Å². The highest BCUT2D eigenvalue weighted by molar-refractivity contribution is 5.76. The summed E-state index contributed by atoms with van der Waals surface area (Å²) in [5.41, 5.74) is 2.30. The van der Waals surface area contributed by atoms with Crippen molar-refractivity contribution in [3.8, 4) is 11.4 Å². The van der Waals surface area contributed by atoms with Crippen molar-refractivity contribution in [2.75, 3.05) is 13.1 Å². The molecule has 1 aromatic heterocycles. The van der Waals surface area contributed by atoms with Crippen molar-refractivity contribution < 1.29 is 9.32 Å². The van der Waals surface area contributed by atoms with Crippen LogP contribution in [0.25, 0.3) is 11.4 Å². The zero-order valence-corrected chi connectivity index (χ0v) is 15.3. The highest BCUT2D eigenvalue weighted by Crippen LogP contribution is 2.25. The summed E-state index contributed by atoms with van der Waals surface area (Å²) in [6.45, 7) is 12.0. The summed E-state index contributed by atoms with van der Waals surface area (Å²) in [4.78, 5) is 18.2. The monoisotopic (exact) mass is 329 g/mol. The van der Waals surface area contributed by atoms with Gasteiger partial charge in [0.1, 0.15) is 0 Å². The molecular formula is C19H27N3O2. The van der Waals surface area contributed by atoms with E-state index in [1.54, 1.807) is 0 Å². The Balaban J connectivity index is 2.01. The predicted octanol–water partition coefficient (Wildman–Crippen LogP) is 3.84. The van der Waals surface area contributed by atoms with Crippen molar-refractivity contribution >= 4 is 5.91 Å². The van der Waals surface area contributed by atoms with Gasteiger partial charge in [-0.3, -0.25) is 4.79 Å². The lowest BCUT2D eigenvalue weighted by molar-refractivity contribution is -0.130. The molecule has 5 nitrogen and oxygen atoms in total. The van der Waals surface area contributed by atoms with Crippen LogP contribution in [0.4, 0.5) is 0 Å². The van der Waals surface area contributed by atoms with Crippen LogP contribution in [0.2, 0.25) is 0 Å². The van der Waals surface area contributed by atoms with Gasteiger partial charge in [0.15, 0.2) is 0 Å². The van der Waals surface area contributed by atoms with E-state index in [2.05, 4.69) is 43.0 Å². The first kappa shape index (κ1) is 18.2. The fourth-order valence-electron chi connectivity index (χ4n) is 2.54. The van der Waals surface area contributed by atoms with E-state index in [-0.39, 0.29) is 11.3 Å². The third-order valence-electron chi connectivity index (χ3n) is 4.15. The van der Waals surface area contributed by atoms with Crippen LogP contribution in [-0.4, -0.2) is 34.0 Å². The molecule has 5 heteroatoms. The number of amides is 1. The predicted molar refractivity (Wildman–Crippen MR) is 94.7 cm³/mol. The number of benzene rings is 1. The molecule has 0 bridgehead atoms. The third kappa shape index (κ3) is 4.43. The van der Waals surface area contributed by atoms with Crippen LogP contribution in [-0.2, 0) is 16.6 Å². The van der Waals surface area contributed by atoms with E-state index in [4.69, 9.17) is 4.52 Å². The summed E-state index contributed by atoms with van der Waals surface area (Å²) >= 11 is 0. The van der Waals surface area contributed by atoms with Gasteiger partial charge in [-0.05, 0) is 24.8 Å². The zero-order chi connectivity index (χ0) is 17.7.